The molecule has 3 rings (SSSR count). The molecule has 1 aromatic heterocycles. The van der Waals surface area contributed by atoms with Crippen molar-refractivity contribution in [2.24, 2.45) is 0 Å². The van der Waals surface area contributed by atoms with Gasteiger partial charge in [0.2, 0.25) is 0 Å². The highest BCUT2D eigenvalue weighted by molar-refractivity contribution is 5.86. The lowest BCUT2D eigenvalue weighted by atomic mass is 10.1. The maximum Gasteiger partial charge on any atom is 0.279 e. The zero-order valence-electron chi connectivity index (χ0n) is 11.2. The zero-order chi connectivity index (χ0) is 15.0. The lowest BCUT2D eigenvalue weighted by Gasteiger charge is -2.10. The van der Waals surface area contributed by atoms with Gasteiger partial charge in [0.05, 0.1) is 22.7 Å². The fraction of sp³-hybridized carbons (Fsp3) is 0.0625. The molecular weight excluding hydrogens is 268 g/mol. The van der Waals surface area contributed by atoms with Gasteiger partial charge in [-0.05, 0) is 30.7 Å². The maximum absolute atomic E-state index is 12.5. The van der Waals surface area contributed by atoms with E-state index in [1.54, 1.807) is 31.2 Å². The van der Waals surface area contributed by atoms with E-state index >= 15 is 0 Å². The summed E-state index contributed by atoms with van der Waals surface area (Å²) in [5, 5.41) is 16.5. The fourth-order valence-electron chi connectivity index (χ4n) is 2.29. The summed E-state index contributed by atoms with van der Waals surface area (Å²) >= 11 is 0. The summed E-state index contributed by atoms with van der Waals surface area (Å²) in [4.78, 5) is 23.4. The number of carboxylic acid groups (broad SMARTS) is 1. The normalized spacial score (nSPS) is 10.7. The predicted octanol–water partition coefficient (Wildman–Crippen LogP) is 1.06. The average Bonchev–Trinajstić information content (AvgIpc) is 2.51. The van der Waals surface area contributed by atoms with Crippen LogP contribution in [-0.2, 0) is 0 Å². The Morgan fingerprint density at radius 2 is 1.81 bits per heavy atom. The molecule has 104 valence electrons. The number of fused-ring (bicyclic) bond motifs is 1. The molecule has 0 saturated heterocycles. The minimum absolute atomic E-state index is 0.00649. The maximum atomic E-state index is 12.5. The molecule has 0 unspecified atom stereocenters. The van der Waals surface area contributed by atoms with Crippen LogP contribution in [0.2, 0.25) is 0 Å². The SMILES string of the molecule is Cc1nn(-c2cccc(C(=O)[O-])c2)c(=O)c2ccccc12. The Bertz CT molecular complexity index is 913. The van der Waals surface area contributed by atoms with E-state index in [1.807, 2.05) is 12.1 Å². The Kier molecular flexibility index (Phi) is 3.02. The van der Waals surface area contributed by atoms with Gasteiger partial charge >= 0.3 is 0 Å². The summed E-state index contributed by atoms with van der Waals surface area (Å²) in [7, 11) is 0. The van der Waals surface area contributed by atoms with Gasteiger partial charge in [0.25, 0.3) is 5.56 Å². The average molecular weight is 279 g/mol. The Hall–Kier alpha value is -2.95. The summed E-state index contributed by atoms with van der Waals surface area (Å²) in [5.74, 6) is -1.29. The van der Waals surface area contributed by atoms with E-state index in [9.17, 15) is 14.7 Å². The standard InChI is InChI=1S/C16H12N2O3/c1-10-13-7-2-3-8-14(13)15(19)18(17-10)12-6-4-5-11(9-12)16(20)21/h2-9H,1H3,(H,20,21)/p-1. The van der Waals surface area contributed by atoms with Crippen molar-refractivity contribution in [3.63, 3.8) is 0 Å². The number of aromatic nitrogens is 2. The smallest absolute Gasteiger partial charge is 0.279 e. The van der Waals surface area contributed by atoms with Crippen LogP contribution in [-0.4, -0.2) is 15.7 Å². The molecule has 0 amide bonds. The second-order valence-electron chi connectivity index (χ2n) is 4.69. The van der Waals surface area contributed by atoms with Crippen molar-refractivity contribution < 1.29 is 9.90 Å². The fourth-order valence-corrected chi connectivity index (χ4v) is 2.29. The van der Waals surface area contributed by atoms with Gasteiger partial charge in [0.15, 0.2) is 0 Å². The monoisotopic (exact) mass is 279 g/mol. The van der Waals surface area contributed by atoms with Crippen LogP contribution in [0.3, 0.4) is 0 Å². The number of carboxylic acids is 1. The first-order valence-corrected chi connectivity index (χ1v) is 6.38. The Balaban J connectivity index is 2.31. The summed E-state index contributed by atoms with van der Waals surface area (Å²) in [5.41, 5.74) is 0.818. The number of hydrogen-bond donors (Lipinski definition) is 0. The lowest BCUT2D eigenvalue weighted by Crippen LogP contribution is -2.25. The van der Waals surface area contributed by atoms with Gasteiger partial charge in [-0.2, -0.15) is 9.78 Å². The summed E-state index contributed by atoms with van der Waals surface area (Å²) < 4.78 is 1.21. The van der Waals surface area contributed by atoms with E-state index in [0.29, 0.717) is 16.8 Å². The van der Waals surface area contributed by atoms with Crippen molar-refractivity contribution in [3.8, 4) is 5.69 Å². The van der Waals surface area contributed by atoms with Gasteiger partial charge in [-0.3, -0.25) is 4.79 Å². The third-order valence-corrected chi connectivity index (χ3v) is 3.32. The molecule has 0 radical (unpaired) electrons. The Labute approximate surface area is 120 Å². The van der Waals surface area contributed by atoms with Crippen LogP contribution >= 0.6 is 0 Å². The van der Waals surface area contributed by atoms with Crippen molar-refractivity contribution in [1.82, 2.24) is 9.78 Å². The number of carbonyl (C=O) groups is 1. The van der Waals surface area contributed by atoms with Crippen molar-refractivity contribution in [2.45, 2.75) is 6.92 Å². The third kappa shape index (κ3) is 2.18. The molecule has 2 aromatic carbocycles. The van der Waals surface area contributed by atoms with Gasteiger partial charge in [-0.15, -0.1) is 0 Å². The van der Waals surface area contributed by atoms with E-state index in [2.05, 4.69) is 5.10 Å². The van der Waals surface area contributed by atoms with Gasteiger partial charge in [-0.25, -0.2) is 0 Å². The highest BCUT2D eigenvalue weighted by atomic mass is 16.4. The molecule has 0 fully saturated rings. The molecule has 0 bridgehead atoms. The van der Waals surface area contributed by atoms with Gasteiger partial charge in [-0.1, -0.05) is 30.3 Å². The van der Waals surface area contributed by atoms with Crippen molar-refractivity contribution in [1.29, 1.82) is 0 Å². The summed E-state index contributed by atoms with van der Waals surface area (Å²) in [6.45, 7) is 1.81. The first-order chi connectivity index (χ1) is 10.1. The molecule has 0 spiro atoms. The molecule has 21 heavy (non-hydrogen) atoms. The van der Waals surface area contributed by atoms with Crippen LogP contribution in [0.25, 0.3) is 16.5 Å². The first-order valence-electron chi connectivity index (χ1n) is 6.38. The van der Waals surface area contributed by atoms with Crippen LogP contribution in [0, 0.1) is 6.92 Å². The van der Waals surface area contributed by atoms with E-state index < -0.39 is 5.97 Å². The molecule has 0 aliphatic carbocycles. The quantitative estimate of drug-likeness (QED) is 0.703. The van der Waals surface area contributed by atoms with Crippen molar-refractivity contribution in [2.75, 3.05) is 0 Å². The molecule has 0 atom stereocenters. The molecular formula is C16H11N2O3-. The molecule has 0 saturated carbocycles. The molecule has 0 N–H and O–H groups in total. The number of rotatable bonds is 2. The van der Waals surface area contributed by atoms with Gasteiger partial charge in [0, 0.05) is 5.39 Å². The van der Waals surface area contributed by atoms with Gasteiger partial charge < -0.3 is 9.90 Å². The second kappa shape index (κ2) is 4.86. The molecule has 0 aliphatic heterocycles. The lowest BCUT2D eigenvalue weighted by molar-refractivity contribution is -0.255. The first kappa shape index (κ1) is 13.1. The summed E-state index contributed by atoms with van der Waals surface area (Å²) in [6.07, 6.45) is 0. The van der Waals surface area contributed by atoms with Crippen molar-refractivity contribution in [3.05, 3.63) is 70.1 Å². The highest BCUT2D eigenvalue weighted by Crippen LogP contribution is 2.14. The number of carbonyl (C=O) groups excluding carboxylic acids is 1. The van der Waals surface area contributed by atoms with E-state index in [0.717, 1.165) is 5.39 Å². The third-order valence-electron chi connectivity index (χ3n) is 3.32. The van der Waals surface area contributed by atoms with E-state index in [-0.39, 0.29) is 11.1 Å². The number of nitrogens with zero attached hydrogens (tertiary/aromatic N) is 2. The summed E-state index contributed by atoms with van der Waals surface area (Å²) in [6, 6.07) is 13.2. The highest BCUT2D eigenvalue weighted by Gasteiger charge is 2.09. The minimum atomic E-state index is -1.29. The second-order valence-corrected chi connectivity index (χ2v) is 4.69. The molecule has 3 aromatic rings. The minimum Gasteiger partial charge on any atom is -0.545 e. The van der Waals surface area contributed by atoms with Crippen LogP contribution in [0.15, 0.2) is 53.3 Å². The molecule has 5 nitrogen and oxygen atoms in total. The Morgan fingerprint density at radius 1 is 1.10 bits per heavy atom. The van der Waals surface area contributed by atoms with Gasteiger partial charge in [0.1, 0.15) is 0 Å². The number of aryl methyl sites for hydroxylation is 1. The molecule has 0 aliphatic rings. The van der Waals surface area contributed by atoms with E-state index in [1.165, 1.54) is 16.8 Å². The van der Waals surface area contributed by atoms with Crippen LogP contribution in [0.4, 0.5) is 0 Å². The molecule has 5 heteroatoms. The topological polar surface area (TPSA) is 75.0 Å². The van der Waals surface area contributed by atoms with Crippen LogP contribution < -0.4 is 10.7 Å². The number of aromatic carboxylic acids is 1. The zero-order valence-corrected chi connectivity index (χ0v) is 11.2. The number of benzene rings is 2. The van der Waals surface area contributed by atoms with E-state index in [4.69, 9.17) is 0 Å². The largest absolute Gasteiger partial charge is 0.545 e. The van der Waals surface area contributed by atoms with Crippen LogP contribution in [0.1, 0.15) is 16.1 Å². The number of hydrogen-bond acceptors (Lipinski definition) is 4. The molecule has 1 heterocycles. The Morgan fingerprint density at radius 3 is 2.52 bits per heavy atom. The van der Waals surface area contributed by atoms with Crippen LogP contribution in [0.5, 0.6) is 0 Å². The predicted molar refractivity (Wildman–Crippen MR) is 76.4 cm³/mol. The van der Waals surface area contributed by atoms with Crippen molar-refractivity contribution >= 4 is 16.7 Å².